The van der Waals surface area contributed by atoms with Crippen LogP contribution >= 0.6 is 11.6 Å². The number of rotatable bonds is 12. The van der Waals surface area contributed by atoms with Gasteiger partial charge in [-0.15, -0.1) is 0 Å². The molecule has 0 radical (unpaired) electrons. The number of hydrogen-bond acceptors (Lipinski definition) is 5. The van der Waals surface area contributed by atoms with E-state index in [9.17, 15) is 14.4 Å². The molecule has 9 heteroatoms. The lowest BCUT2D eigenvalue weighted by Gasteiger charge is -2.39. The Kier molecular flexibility index (Phi) is 13.2. The SMILES string of the molecule is CC(=O)N1CCN(c2ccc(CN(C(=O)C=Cc3ccc(C(C)C)cc3)[C@@H](Cc3ccccc3)C(=O)N3CCN(Cc4ccc(Cl)cc4)CC3)cc2)CC1. The molecular formula is C45H52ClN5O3. The molecule has 3 amide bonds. The summed E-state index contributed by atoms with van der Waals surface area (Å²) in [5.41, 5.74) is 6.40. The largest absolute Gasteiger partial charge is 0.368 e. The van der Waals surface area contributed by atoms with Crippen LogP contribution in [0.1, 0.15) is 54.5 Å². The molecule has 0 aliphatic carbocycles. The first-order valence-corrected chi connectivity index (χ1v) is 19.5. The molecule has 2 saturated heterocycles. The van der Waals surface area contributed by atoms with Gasteiger partial charge in [0.15, 0.2) is 0 Å². The van der Waals surface area contributed by atoms with Gasteiger partial charge in [-0.25, -0.2) is 0 Å². The van der Waals surface area contributed by atoms with Crippen molar-refractivity contribution >= 4 is 41.1 Å². The van der Waals surface area contributed by atoms with Crippen molar-refractivity contribution in [1.29, 1.82) is 0 Å². The van der Waals surface area contributed by atoms with E-state index in [-0.39, 0.29) is 24.3 Å². The Labute approximate surface area is 325 Å². The third-order valence-corrected chi connectivity index (χ3v) is 10.9. The zero-order valence-corrected chi connectivity index (χ0v) is 32.5. The van der Waals surface area contributed by atoms with E-state index in [2.05, 4.69) is 60.0 Å². The molecule has 0 N–H and O–H groups in total. The van der Waals surface area contributed by atoms with E-state index in [4.69, 9.17) is 11.6 Å². The topological polar surface area (TPSA) is 67.4 Å². The van der Waals surface area contributed by atoms with E-state index in [1.54, 1.807) is 17.9 Å². The maximum absolute atomic E-state index is 14.7. The van der Waals surface area contributed by atoms with Crippen LogP contribution in [0, 0.1) is 0 Å². The van der Waals surface area contributed by atoms with E-state index >= 15 is 0 Å². The monoisotopic (exact) mass is 745 g/mol. The predicted molar refractivity (Wildman–Crippen MR) is 218 cm³/mol. The van der Waals surface area contributed by atoms with Crippen molar-refractivity contribution in [3.05, 3.63) is 142 Å². The van der Waals surface area contributed by atoms with E-state index in [1.807, 2.05) is 82.6 Å². The molecule has 2 heterocycles. The zero-order valence-electron chi connectivity index (χ0n) is 31.7. The van der Waals surface area contributed by atoms with E-state index in [0.29, 0.717) is 38.5 Å². The van der Waals surface area contributed by atoms with Gasteiger partial charge in [0.1, 0.15) is 6.04 Å². The molecule has 0 aromatic heterocycles. The minimum absolute atomic E-state index is 0.0343. The molecule has 0 saturated carbocycles. The number of carbonyl (C=O) groups is 3. The van der Waals surface area contributed by atoms with Crippen LogP contribution in [-0.4, -0.2) is 95.7 Å². The molecule has 2 fully saturated rings. The molecule has 2 aliphatic heterocycles. The molecule has 6 rings (SSSR count). The Hall–Kier alpha value is -4.92. The average molecular weight is 746 g/mol. The average Bonchev–Trinajstić information content (AvgIpc) is 3.20. The Morgan fingerprint density at radius 1 is 0.704 bits per heavy atom. The normalized spacial score (nSPS) is 15.8. The molecule has 0 spiro atoms. The van der Waals surface area contributed by atoms with Gasteiger partial charge < -0.3 is 19.6 Å². The van der Waals surface area contributed by atoms with Crippen molar-refractivity contribution < 1.29 is 14.4 Å². The van der Waals surface area contributed by atoms with Gasteiger partial charge in [-0.05, 0) is 64.1 Å². The Balaban J connectivity index is 1.24. The highest BCUT2D eigenvalue weighted by atomic mass is 35.5. The molecule has 282 valence electrons. The third kappa shape index (κ3) is 10.4. The van der Waals surface area contributed by atoms with Crippen LogP contribution in [0.25, 0.3) is 6.08 Å². The van der Waals surface area contributed by atoms with Gasteiger partial charge in [0, 0.05) is 95.6 Å². The number of amides is 3. The summed E-state index contributed by atoms with van der Waals surface area (Å²) in [6.07, 6.45) is 3.87. The summed E-state index contributed by atoms with van der Waals surface area (Å²) in [4.78, 5) is 51.2. The highest BCUT2D eigenvalue weighted by Gasteiger charge is 2.34. The second-order valence-corrected chi connectivity index (χ2v) is 15.2. The first kappa shape index (κ1) is 38.8. The number of halogens is 1. The van der Waals surface area contributed by atoms with Gasteiger partial charge in [0.05, 0.1) is 0 Å². The third-order valence-electron chi connectivity index (χ3n) is 10.6. The van der Waals surface area contributed by atoms with Crippen molar-refractivity contribution in [2.75, 3.05) is 57.3 Å². The maximum atomic E-state index is 14.7. The minimum Gasteiger partial charge on any atom is -0.368 e. The second kappa shape index (κ2) is 18.4. The lowest BCUT2D eigenvalue weighted by molar-refractivity contribution is -0.145. The van der Waals surface area contributed by atoms with Crippen LogP contribution in [0.3, 0.4) is 0 Å². The van der Waals surface area contributed by atoms with Gasteiger partial charge in [-0.2, -0.15) is 0 Å². The van der Waals surface area contributed by atoms with Crippen molar-refractivity contribution in [3.8, 4) is 0 Å². The van der Waals surface area contributed by atoms with Crippen LogP contribution in [-0.2, 0) is 33.9 Å². The molecule has 8 nitrogen and oxygen atoms in total. The quantitative estimate of drug-likeness (QED) is 0.145. The molecular weight excluding hydrogens is 694 g/mol. The predicted octanol–water partition coefficient (Wildman–Crippen LogP) is 7.13. The van der Waals surface area contributed by atoms with Gasteiger partial charge in [0.2, 0.25) is 17.7 Å². The van der Waals surface area contributed by atoms with Gasteiger partial charge >= 0.3 is 0 Å². The molecule has 2 aliphatic rings. The van der Waals surface area contributed by atoms with Crippen molar-refractivity contribution in [2.45, 2.75) is 52.2 Å². The maximum Gasteiger partial charge on any atom is 0.247 e. The summed E-state index contributed by atoms with van der Waals surface area (Å²) < 4.78 is 0. The summed E-state index contributed by atoms with van der Waals surface area (Å²) in [6.45, 7) is 12.6. The first-order valence-electron chi connectivity index (χ1n) is 19.1. The molecule has 4 aromatic carbocycles. The number of carbonyl (C=O) groups excluding carboxylic acids is 3. The summed E-state index contributed by atoms with van der Waals surface area (Å²) in [7, 11) is 0. The van der Waals surface area contributed by atoms with Crippen LogP contribution in [0.2, 0.25) is 5.02 Å². The highest BCUT2D eigenvalue weighted by molar-refractivity contribution is 6.30. The van der Waals surface area contributed by atoms with E-state index < -0.39 is 6.04 Å². The Bertz CT molecular complexity index is 1860. The summed E-state index contributed by atoms with van der Waals surface area (Å²) in [5, 5.41) is 0.719. The summed E-state index contributed by atoms with van der Waals surface area (Å²) in [6, 6.07) is 33.8. The molecule has 0 unspecified atom stereocenters. The summed E-state index contributed by atoms with van der Waals surface area (Å²) in [5.74, 6) is 0.285. The fraction of sp³-hybridized carbons (Fsp3) is 0.356. The standard InChI is InChI=1S/C45H52ClN5O3/c1-34(2)40-16-9-36(10-17-40)15-22-44(53)51(33-39-13-20-42(21-14-39)49-29-27-48(28-30-49)35(3)52)43(31-37-7-5-4-6-8-37)45(54)50-25-23-47(24-26-50)32-38-11-18-41(46)19-12-38/h4-22,34,43H,23-33H2,1-3H3/t43-/m0/s1. The number of piperazine rings is 2. The van der Waals surface area contributed by atoms with Crippen LogP contribution < -0.4 is 4.90 Å². The smallest absolute Gasteiger partial charge is 0.247 e. The number of nitrogens with zero attached hydrogens (tertiary/aromatic N) is 5. The van der Waals surface area contributed by atoms with Crippen LogP contribution in [0.5, 0.6) is 0 Å². The van der Waals surface area contributed by atoms with Crippen molar-refractivity contribution in [1.82, 2.24) is 19.6 Å². The number of anilines is 1. The highest BCUT2D eigenvalue weighted by Crippen LogP contribution is 2.23. The fourth-order valence-electron chi connectivity index (χ4n) is 7.24. The molecule has 0 bridgehead atoms. The fourth-order valence-corrected chi connectivity index (χ4v) is 7.36. The van der Waals surface area contributed by atoms with E-state index in [0.717, 1.165) is 60.1 Å². The van der Waals surface area contributed by atoms with Crippen molar-refractivity contribution in [2.24, 2.45) is 0 Å². The Morgan fingerprint density at radius 3 is 1.93 bits per heavy atom. The number of benzene rings is 4. The Morgan fingerprint density at radius 2 is 1.31 bits per heavy atom. The second-order valence-electron chi connectivity index (χ2n) is 14.7. The van der Waals surface area contributed by atoms with Crippen LogP contribution in [0.4, 0.5) is 5.69 Å². The molecule has 1 atom stereocenters. The minimum atomic E-state index is -0.699. The molecule has 4 aromatic rings. The summed E-state index contributed by atoms with van der Waals surface area (Å²) >= 11 is 6.11. The zero-order chi connectivity index (χ0) is 38.0. The van der Waals surface area contributed by atoms with Gasteiger partial charge in [-0.1, -0.05) is 104 Å². The lowest BCUT2D eigenvalue weighted by atomic mass is 10.0. The van der Waals surface area contributed by atoms with Crippen LogP contribution in [0.15, 0.2) is 109 Å². The van der Waals surface area contributed by atoms with Gasteiger partial charge in [-0.3, -0.25) is 19.3 Å². The van der Waals surface area contributed by atoms with E-state index in [1.165, 1.54) is 11.1 Å². The molecule has 54 heavy (non-hydrogen) atoms. The first-order chi connectivity index (χ1) is 26.1. The lowest BCUT2D eigenvalue weighted by Crippen LogP contribution is -2.56. The number of hydrogen-bond donors (Lipinski definition) is 0. The van der Waals surface area contributed by atoms with Gasteiger partial charge in [0.25, 0.3) is 0 Å². The van der Waals surface area contributed by atoms with Crippen molar-refractivity contribution in [3.63, 3.8) is 0 Å².